The normalized spacial score (nSPS) is 16.3. The molecule has 0 amide bonds. The van der Waals surface area contributed by atoms with E-state index in [1.807, 2.05) is 0 Å². The van der Waals surface area contributed by atoms with E-state index in [4.69, 9.17) is 30.8 Å². The van der Waals surface area contributed by atoms with Gasteiger partial charge in [0.2, 0.25) is 0 Å². The molecule has 0 aromatic carbocycles. The molecule has 0 spiro atoms. The minimum absolute atomic E-state index is 2.48. The van der Waals surface area contributed by atoms with Gasteiger partial charge in [-0.05, 0) is 0 Å². The zero-order valence-electron chi connectivity index (χ0n) is 5.91. The Morgan fingerprint density at radius 1 is 1.00 bits per heavy atom. The third kappa shape index (κ3) is 1.59. The number of aliphatic hydroxyl groups is 3. The summed E-state index contributed by atoms with van der Waals surface area (Å²) < 4.78 is 0. The number of rotatable bonds is 4. The number of carboxylic acid groups (broad SMARTS) is 2. The number of hydrogen-bond acceptors (Lipinski definition) is 7. The Bertz CT molecular complexity index is 232. The van der Waals surface area contributed by atoms with Crippen LogP contribution in [-0.4, -0.2) is 54.3 Å². The van der Waals surface area contributed by atoms with Gasteiger partial charge in [0.1, 0.15) is 0 Å². The van der Waals surface area contributed by atoms with Crippen molar-refractivity contribution in [2.75, 3.05) is 0 Å². The van der Waals surface area contributed by atoms with E-state index in [0.29, 0.717) is 0 Å². The van der Waals surface area contributed by atoms with Crippen LogP contribution in [0.4, 0.5) is 0 Å². The monoisotopic (exact) mass is 198 g/mol. The fourth-order valence-corrected chi connectivity index (χ4v) is 0.397. The van der Waals surface area contributed by atoms with Crippen LogP contribution in [0.1, 0.15) is 0 Å². The molecule has 9 heteroatoms. The Balaban J connectivity index is 5.19. The minimum Gasteiger partial charge on any atom is -0.477 e. The zero-order chi connectivity index (χ0) is 10.9. The van der Waals surface area contributed by atoms with Gasteiger partial charge in [-0.15, -0.1) is 0 Å². The molecule has 0 aliphatic carbocycles. The summed E-state index contributed by atoms with van der Waals surface area (Å²) in [6, 6.07) is 0. The predicted molar refractivity (Wildman–Crippen MR) is 31.1 cm³/mol. The highest BCUT2D eigenvalue weighted by Crippen LogP contribution is 2.21. The first-order chi connectivity index (χ1) is 5.70. The van der Waals surface area contributed by atoms with Crippen molar-refractivity contribution >= 4 is 11.9 Å². The van der Waals surface area contributed by atoms with Gasteiger partial charge in [0, 0.05) is 0 Å². The highest BCUT2D eigenvalue weighted by molar-refractivity contribution is 5.87. The molecule has 0 aliphatic rings. The SMILES string of the molecule is O=C(O)C(O)(O)C(O)(OO)C(=O)O. The molecule has 0 aromatic rings. The lowest BCUT2D eigenvalue weighted by atomic mass is 10.1. The van der Waals surface area contributed by atoms with Crippen molar-refractivity contribution in [1.29, 1.82) is 0 Å². The third-order valence-electron chi connectivity index (χ3n) is 1.19. The molecule has 0 aliphatic heterocycles. The van der Waals surface area contributed by atoms with Gasteiger partial charge in [0.15, 0.2) is 0 Å². The third-order valence-corrected chi connectivity index (χ3v) is 1.19. The summed E-state index contributed by atoms with van der Waals surface area (Å²) in [6.45, 7) is 0. The minimum atomic E-state index is -4.17. The van der Waals surface area contributed by atoms with E-state index < -0.39 is 23.5 Å². The van der Waals surface area contributed by atoms with Crippen LogP contribution < -0.4 is 0 Å². The number of carboxylic acids is 2. The Morgan fingerprint density at radius 2 is 1.38 bits per heavy atom. The molecule has 0 rings (SSSR count). The van der Waals surface area contributed by atoms with Gasteiger partial charge in [0.25, 0.3) is 0 Å². The van der Waals surface area contributed by atoms with Gasteiger partial charge in [-0.1, -0.05) is 0 Å². The van der Waals surface area contributed by atoms with Gasteiger partial charge in [-0.3, -0.25) is 0 Å². The Morgan fingerprint density at radius 3 is 1.46 bits per heavy atom. The van der Waals surface area contributed by atoms with E-state index in [1.165, 1.54) is 0 Å². The van der Waals surface area contributed by atoms with Gasteiger partial charge in [0.05, 0.1) is 0 Å². The summed E-state index contributed by atoms with van der Waals surface area (Å²) in [5.74, 6) is -13.2. The lowest BCUT2D eigenvalue weighted by molar-refractivity contribution is -0.444. The highest BCUT2D eigenvalue weighted by Gasteiger charge is 2.63. The number of carbonyl (C=O) groups is 2. The Hall–Kier alpha value is -1.26. The average Bonchev–Trinajstić information content (AvgIpc) is 2.01. The second kappa shape index (κ2) is 3.24. The molecule has 0 radical (unpaired) electrons. The van der Waals surface area contributed by atoms with Gasteiger partial charge >= 0.3 is 23.5 Å². The summed E-state index contributed by atoms with van der Waals surface area (Å²) >= 11 is 0. The van der Waals surface area contributed by atoms with E-state index in [-0.39, 0.29) is 0 Å². The van der Waals surface area contributed by atoms with E-state index >= 15 is 0 Å². The first kappa shape index (κ1) is 11.7. The first-order valence-corrected chi connectivity index (χ1v) is 2.66. The van der Waals surface area contributed by atoms with E-state index in [9.17, 15) is 9.59 Å². The zero-order valence-corrected chi connectivity index (χ0v) is 5.91. The van der Waals surface area contributed by atoms with Gasteiger partial charge in [-0.2, -0.15) is 4.89 Å². The first-order valence-electron chi connectivity index (χ1n) is 2.66. The molecular weight excluding hydrogens is 192 g/mol. The van der Waals surface area contributed by atoms with Crippen molar-refractivity contribution in [3.05, 3.63) is 0 Å². The summed E-state index contributed by atoms with van der Waals surface area (Å²) in [5.41, 5.74) is 0. The summed E-state index contributed by atoms with van der Waals surface area (Å²) in [7, 11) is 0. The van der Waals surface area contributed by atoms with Crippen molar-refractivity contribution < 1.29 is 45.3 Å². The Kier molecular flexibility index (Phi) is 2.92. The predicted octanol–water partition coefficient (Wildman–Crippen LogP) is -2.99. The van der Waals surface area contributed by atoms with Gasteiger partial charge in [-0.25, -0.2) is 14.8 Å². The van der Waals surface area contributed by atoms with Crippen LogP contribution >= 0.6 is 0 Å². The van der Waals surface area contributed by atoms with Crippen LogP contribution in [0.15, 0.2) is 0 Å². The molecule has 0 saturated carbocycles. The van der Waals surface area contributed by atoms with Crippen molar-refractivity contribution in [3.8, 4) is 0 Å². The maximum Gasteiger partial charge on any atom is 0.373 e. The van der Waals surface area contributed by atoms with E-state index in [1.54, 1.807) is 0 Å². The molecule has 76 valence electrons. The average molecular weight is 198 g/mol. The molecular formula is C4H6O9. The second-order valence-electron chi connectivity index (χ2n) is 2.02. The van der Waals surface area contributed by atoms with Gasteiger partial charge < -0.3 is 25.5 Å². The maximum atomic E-state index is 10.1. The summed E-state index contributed by atoms with van der Waals surface area (Å²) in [4.78, 5) is 22.9. The van der Waals surface area contributed by atoms with Crippen molar-refractivity contribution in [2.45, 2.75) is 11.6 Å². The molecule has 1 atom stereocenters. The van der Waals surface area contributed by atoms with Crippen LogP contribution in [-0.2, 0) is 14.5 Å². The molecule has 0 aromatic heterocycles. The molecule has 1 unspecified atom stereocenters. The molecule has 13 heavy (non-hydrogen) atoms. The number of aliphatic carboxylic acids is 2. The summed E-state index contributed by atoms with van der Waals surface area (Å²) in [6.07, 6.45) is 0. The fourth-order valence-electron chi connectivity index (χ4n) is 0.397. The lowest BCUT2D eigenvalue weighted by Crippen LogP contribution is -2.65. The van der Waals surface area contributed by atoms with Crippen LogP contribution in [0.3, 0.4) is 0 Å². The Labute approximate surface area is 70.0 Å². The fraction of sp³-hybridized carbons (Fsp3) is 0.500. The van der Waals surface area contributed by atoms with Crippen molar-refractivity contribution in [2.24, 2.45) is 0 Å². The van der Waals surface area contributed by atoms with Crippen LogP contribution in [0.5, 0.6) is 0 Å². The largest absolute Gasteiger partial charge is 0.477 e. The lowest BCUT2D eigenvalue weighted by Gasteiger charge is -2.28. The summed E-state index contributed by atoms with van der Waals surface area (Å²) in [5, 5.41) is 49.7. The van der Waals surface area contributed by atoms with Crippen LogP contribution in [0.25, 0.3) is 0 Å². The van der Waals surface area contributed by atoms with Crippen LogP contribution in [0.2, 0.25) is 0 Å². The molecule has 9 nitrogen and oxygen atoms in total. The quantitative estimate of drug-likeness (QED) is 0.157. The smallest absolute Gasteiger partial charge is 0.373 e. The van der Waals surface area contributed by atoms with Crippen molar-refractivity contribution in [3.63, 3.8) is 0 Å². The molecule has 0 bridgehead atoms. The highest BCUT2D eigenvalue weighted by atomic mass is 17.1. The maximum absolute atomic E-state index is 10.1. The topological polar surface area (TPSA) is 165 Å². The molecule has 0 heterocycles. The molecule has 6 N–H and O–H groups in total. The van der Waals surface area contributed by atoms with Crippen molar-refractivity contribution in [1.82, 2.24) is 0 Å². The van der Waals surface area contributed by atoms with E-state index in [2.05, 4.69) is 4.89 Å². The van der Waals surface area contributed by atoms with E-state index in [0.717, 1.165) is 0 Å². The molecule has 0 fully saturated rings. The molecule has 0 saturated heterocycles. The number of hydrogen-bond donors (Lipinski definition) is 6. The van der Waals surface area contributed by atoms with Crippen LogP contribution in [0, 0.1) is 0 Å². The second-order valence-corrected chi connectivity index (χ2v) is 2.02. The standard InChI is InChI=1S/C4H6O9/c5-1(6)3(9,10)4(11,13-12)2(7)8/h9-12H,(H,5,6)(H,7,8).